The highest BCUT2D eigenvalue weighted by Gasteiger charge is 2.19. The second-order valence-electron chi connectivity index (χ2n) is 5.77. The summed E-state index contributed by atoms with van der Waals surface area (Å²) in [5.41, 5.74) is 6.81. The van der Waals surface area contributed by atoms with Crippen molar-refractivity contribution in [3.05, 3.63) is 47.3 Å². The van der Waals surface area contributed by atoms with Gasteiger partial charge in [-0.05, 0) is 30.3 Å². The van der Waals surface area contributed by atoms with Gasteiger partial charge in [-0.1, -0.05) is 11.6 Å². The molecule has 148 valence electrons. The van der Waals surface area contributed by atoms with Crippen molar-refractivity contribution in [2.45, 2.75) is 0 Å². The lowest BCUT2D eigenvalue weighted by Gasteiger charge is -2.07. The van der Waals surface area contributed by atoms with Crippen LogP contribution in [-0.2, 0) is 9.47 Å². The zero-order chi connectivity index (χ0) is 19.9. The number of nitrogen functional groups attached to an aromatic ring is 1. The van der Waals surface area contributed by atoms with Crippen LogP contribution in [-0.4, -0.2) is 44.4 Å². The molecule has 0 atom stereocenters. The maximum Gasteiger partial charge on any atom is 0.294 e. The number of nitrogens with zero attached hydrogens (tertiary/aromatic N) is 1. The number of hydrogen-bond donors (Lipinski definition) is 2. The Morgan fingerprint density at radius 2 is 2.04 bits per heavy atom. The number of amides is 1. The standard InChI is InChI=1S/C19H20ClN3O5/c1-25-6-7-26-8-9-27-13-3-4-15-14(10-13)17(21)18(28-15)19(24)23-16-5-2-12(20)11-22-16/h2-5,10-11H,6-9,21H2,1H3,(H,22,23,24). The first-order chi connectivity index (χ1) is 13.6. The molecule has 9 heteroatoms. The monoisotopic (exact) mass is 405 g/mol. The minimum absolute atomic E-state index is 0.00630. The average Bonchev–Trinajstić information content (AvgIpc) is 3.03. The van der Waals surface area contributed by atoms with E-state index in [1.807, 2.05) is 0 Å². The van der Waals surface area contributed by atoms with Gasteiger partial charge >= 0.3 is 0 Å². The summed E-state index contributed by atoms with van der Waals surface area (Å²) in [6, 6.07) is 8.36. The van der Waals surface area contributed by atoms with Crippen molar-refractivity contribution in [3.63, 3.8) is 0 Å². The zero-order valence-corrected chi connectivity index (χ0v) is 16.0. The smallest absolute Gasteiger partial charge is 0.294 e. The van der Waals surface area contributed by atoms with Gasteiger partial charge in [0.2, 0.25) is 5.76 Å². The Balaban J connectivity index is 1.66. The number of pyridine rings is 1. The average molecular weight is 406 g/mol. The minimum Gasteiger partial charge on any atom is -0.491 e. The second kappa shape index (κ2) is 9.41. The quantitative estimate of drug-likeness (QED) is 0.525. The Bertz CT molecular complexity index is 943. The molecule has 0 aliphatic carbocycles. The minimum atomic E-state index is -0.502. The van der Waals surface area contributed by atoms with Crippen LogP contribution in [0.1, 0.15) is 10.6 Å². The third-order valence-electron chi connectivity index (χ3n) is 3.80. The van der Waals surface area contributed by atoms with E-state index in [-0.39, 0.29) is 11.4 Å². The maximum absolute atomic E-state index is 12.5. The molecule has 0 aliphatic rings. The Hall–Kier alpha value is -2.81. The predicted molar refractivity (Wildman–Crippen MR) is 106 cm³/mol. The number of anilines is 2. The predicted octanol–water partition coefficient (Wildman–Crippen LogP) is 3.36. The molecule has 2 aromatic heterocycles. The molecule has 1 aromatic carbocycles. The number of furan rings is 1. The van der Waals surface area contributed by atoms with Crippen LogP contribution >= 0.6 is 11.6 Å². The molecule has 3 aromatic rings. The van der Waals surface area contributed by atoms with E-state index in [4.69, 9.17) is 36.0 Å². The fourth-order valence-corrected chi connectivity index (χ4v) is 2.55. The van der Waals surface area contributed by atoms with E-state index in [2.05, 4.69) is 10.3 Å². The lowest BCUT2D eigenvalue weighted by atomic mass is 10.2. The van der Waals surface area contributed by atoms with Gasteiger partial charge in [-0.3, -0.25) is 4.79 Å². The summed E-state index contributed by atoms with van der Waals surface area (Å²) < 4.78 is 21.5. The highest BCUT2D eigenvalue weighted by molar-refractivity contribution is 6.30. The second-order valence-corrected chi connectivity index (χ2v) is 6.21. The van der Waals surface area contributed by atoms with Crippen LogP contribution in [0.15, 0.2) is 40.9 Å². The first kappa shape index (κ1) is 19.9. The number of fused-ring (bicyclic) bond motifs is 1. The van der Waals surface area contributed by atoms with Crippen LogP contribution in [0.25, 0.3) is 11.0 Å². The van der Waals surface area contributed by atoms with Crippen LogP contribution in [0.2, 0.25) is 5.02 Å². The molecular weight excluding hydrogens is 386 g/mol. The first-order valence-corrected chi connectivity index (χ1v) is 8.90. The number of methoxy groups -OCH3 is 1. The van der Waals surface area contributed by atoms with Crippen molar-refractivity contribution in [3.8, 4) is 5.75 Å². The lowest BCUT2D eigenvalue weighted by Crippen LogP contribution is -2.13. The maximum atomic E-state index is 12.5. The summed E-state index contributed by atoms with van der Waals surface area (Å²) >= 11 is 5.79. The summed E-state index contributed by atoms with van der Waals surface area (Å²) in [4.78, 5) is 16.5. The summed E-state index contributed by atoms with van der Waals surface area (Å²) in [6.07, 6.45) is 1.43. The summed E-state index contributed by atoms with van der Waals surface area (Å²) in [7, 11) is 1.62. The molecule has 0 bridgehead atoms. The van der Waals surface area contributed by atoms with Crippen molar-refractivity contribution in [2.24, 2.45) is 0 Å². The van der Waals surface area contributed by atoms with E-state index in [1.165, 1.54) is 6.20 Å². The van der Waals surface area contributed by atoms with E-state index < -0.39 is 5.91 Å². The van der Waals surface area contributed by atoms with Crippen molar-refractivity contribution in [1.82, 2.24) is 4.98 Å². The first-order valence-electron chi connectivity index (χ1n) is 8.53. The van der Waals surface area contributed by atoms with Gasteiger partial charge in [-0.2, -0.15) is 0 Å². The molecule has 0 saturated carbocycles. The Morgan fingerprint density at radius 3 is 2.79 bits per heavy atom. The zero-order valence-electron chi connectivity index (χ0n) is 15.2. The summed E-state index contributed by atoms with van der Waals surface area (Å²) in [6.45, 7) is 1.86. The summed E-state index contributed by atoms with van der Waals surface area (Å²) in [5.74, 6) is 0.442. The normalized spacial score (nSPS) is 10.9. The van der Waals surface area contributed by atoms with Crippen molar-refractivity contribution in [1.29, 1.82) is 0 Å². The lowest BCUT2D eigenvalue weighted by molar-refractivity contribution is 0.0544. The van der Waals surface area contributed by atoms with Gasteiger partial charge in [0.1, 0.15) is 23.8 Å². The molecule has 0 spiro atoms. The molecule has 3 N–H and O–H groups in total. The number of hydrogen-bond acceptors (Lipinski definition) is 7. The fraction of sp³-hybridized carbons (Fsp3) is 0.263. The molecule has 0 saturated heterocycles. The molecule has 2 heterocycles. The Kier molecular flexibility index (Phi) is 6.70. The van der Waals surface area contributed by atoms with Gasteiger partial charge in [0.25, 0.3) is 5.91 Å². The number of rotatable bonds is 9. The molecule has 0 radical (unpaired) electrons. The molecule has 1 amide bonds. The van der Waals surface area contributed by atoms with E-state index in [0.29, 0.717) is 54.0 Å². The van der Waals surface area contributed by atoms with Gasteiger partial charge in [0, 0.05) is 18.7 Å². The van der Waals surface area contributed by atoms with Gasteiger partial charge in [0.05, 0.1) is 30.5 Å². The molecule has 28 heavy (non-hydrogen) atoms. The topological polar surface area (TPSA) is 109 Å². The third kappa shape index (κ3) is 4.92. The molecular formula is C19H20ClN3O5. The number of benzene rings is 1. The van der Waals surface area contributed by atoms with Gasteiger partial charge in [-0.25, -0.2) is 4.98 Å². The van der Waals surface area contributed by atoms with Crippen molar-refractivity contribution < 1.29 is 23.4 Å². The van der Waals surface area contributed by atoms with Crippen LogP contribution in [0, 0.1) is 0 Å². The molecule has 0 unspecified atom stereocenters. The summed E-state index contributed by atoms with van der Waals surface area (Å²) in [5, 5.41) is 3.68. The highest BCUT2D eigenvalue weighted by atomic mass is 35.5. The number of carbonyl (C=O) groups excluding carboxylic acids is 1. The molecule has 3 rings (SSSR count). The SMILES string of the molecule is COCCOCCOc1ccc2oc(C(=O)Nc3ccc(Cl)cn3)c(N)c2c1. The fourth-order valence-electron chi connectivity index (χ4n) is 2.44. The van der Waals surface area contributed by atoms with Crippen molar-refractivity contribution in [2.75, 3.05) is 44.6 Å². The Morgan fingerprint density at radius 1 is 1.21 bits per heavy atom. The number of aromatic nitrogens is 1. The highest BCUT2D eigenvalue weighted by Crippen LogP contribution is 2.31. The Labute approximate surface area is 166 Å². The van der Waals surface area contributed by atoms with Gasteiger partial charge < -0.3 is 29.7 Å². The number of nitrogens with two attached hydrogens (primary N) is 1. The number of nitrogens with one attached hydrogen (secondary N) is 1. The third-order valence-corrected chi connectivity index (χ3v) is 4.02. The van der Waals surface area contributed by atoms with Gasteiger partial charge in [-0.15, -0.1) is 0 Å². The van der Waals surface area contributed by atoms with Crippen LogP contribution in [0.5, 0.6) is 5.75 Å². The number of ether oxygens (including phenoxy) is 3. The van der Waals surface area contributed by atoms with E-state index in [0.717, 1.165) is 0 Å². The van der Waals surface area contributed by atoms with E-state index in [9.17, 15) is 4.79 Å². The van der Waals surface area contributed by atoms with Crippen molar-refractivity contribution >= 4 is 40.0 Å². The van der Waals surface area contributed by atoms with E-state index >= 15 is 0 Å². The van der Waals surface area contributed by atoms with Gasteiger partial charge in [0.15, 0.2) is 0 Å². The number of carbonyl (C=O) groups is 1. The molecule has 0 aliphatic heterocycles. The largest absolute Gasteiger partial charge is 0.491 e. The van der Waals surface area contributed by atoms with Crippen LogP contribution in [0.4, 0.5) is 11.5 Å². The molecule has 0 fully saturated rings. The molecule has 8 nitrogen and oxygen atoms in total. The van der Waals surface area contributed by atoms with E-state index in [1.54, 1.807) is 37.4 Å². The van der Waals surface area contributed by atoms with Crippen LogP contribution < -0.4 is 15.8 Å². The van der Waals surface area contributed by atoms with Crippen LogP contribution in [0.3, 0.4) is 0 Å². The number of halogens is 1.